The van der Waals surface area contributed by atoms with E-state index in [0.29, 0.717) is 18.2 Å². The molecule has 3 atom stereocenters. The Bertz CT molecular complexity index is 1060. The van der Waals surface area contributed by atoms with Gasteiger partial charge in [-0.1, -0.05) is 78.9 Å². The van der Waals surface area contributed by atoms with Crippen LogP contribution in [0.3, 0.4) is 0 Å². The van der Waals surface area contributed by atoms with Gasteiger partial charge in [0, 0.05) is 36.8 Å². The number of amides is 1. The average Bonchev–Trinajstić information content (AvgIpc) is 3.32. The van der Waals surface area contributed by atoms with Gasteiger partial charge in [0.15, 0.2) is 0 Å². The third-order valence-electron chi connectivity index (χ3n) is 8.82. The van der Waals surface area contributed by atoms with Gasteiger partial charge in [-0.15, -0.1) is 0 Å². The van der Waals surface area contributed by atoms with Gasteiger partial charge in [0.05, 0.1) is 26.2 Å². The topological polar surface area (TPSA) is 29.1 Å². The van der Waals surface area contributed by atoms with Gasteiger partial charge < -0.3 is 26.8 Å². The quantitative estimate of drug-likeness (QED) is 0.466. The van der Waals surface area contributed by atoms with Gasteiger partial charge >= 0.3 is 0 Å². The van der Waals surface area contributed by atoms with Crippen LogP contribution in [0.1, 0.15) is 53.6 Å². The Morgan fingerprint density at radius 1 is 0.829 bits per heavy atom. The normalized spacial score (nSPS) is 22.7. The number of carbonyl (C=O) groups excluding carboxylic acids is 1. The van der Waals surface area contributed by atoms with E-state index in [4.69, 9.17) is 0 Å². The minimum absolute atomic E-state index is 0. The van der Waals surface area contributed by atoms with E-state index in [-0.39, 0.29) is 28.3 Å². The van der Waals surface area contributed by atoms with Crippen LogP contribution in [0.2, 0.25) is 0 Å². The van der Waals surface area contributed by atoms with Crippen molar-refractivity contribution in [2.75, 3.05) is 20.6 Å². The van der Waals surface area contributed by atoms with Crippen LogP contribution in [-0.4, -0.2) is 43.1 Å². The first-order chi connectivity index (χ1) is 16.5. The predicted octanol–water partition coefficient (Wildman–Crippen LogP) is 2.81. The Kier molecular flexibility index (Phi) is 7.83. The number of piperidine rings is 1. The van der Waals surface area contributed by atoms with Crippen LogP contribution in [0, 0.1) is 5.92 Å². The molecule has 184 valence electrons. The molecule has 1 aliphatic carbocycles. The van der Waals surface area contributed by atoms with Crippen molar-refractivity contribution in [3.8, 4) is 0 Å². The summed E-state index contributed by atoms with van der Waals surface area (Å²) in [6.07, 6.45) is 6.39. The molecule has 0 aromatic heterocycles. The molecule has 0 spiro atoms. The first kappa shape index (κ1) is 25.7. The molecule has 1 amide bonds. The Morgan fingerprint density at radius 3 is 1.94 bits per heavy atom. The molecule has 3 nitrogen and oxygen atoms in total. The summed E-state index contributed by atoms with van der Waals surface area (Å²) < 4.78 is 1.09. The molecule has 35 heavy (non-hydrogen) atoms. The highest BCUT2D eigenvalue weighted by Gasteiger charge is 2.51. The van der Waals surface area contributed by atoms with Crippen LogP contribution in [0.4, 0.5) is 0 Å². The predicted molar refractivity (Wildman–Crippen MR) is 139 cm³/mol. The van der Waals surface area contributed by atoms with Crippen LogP contribution < -0.4 is 22.3 Å². The number of carbonyl (C=O) groups is 1. The monoisotopic (exact) mass is 532 g/mol. The molecular formula is C31H37BrN2O. The summed E-state index contributed by atoms with van der Waals surface area (Å²) in [4.78, 5) is 13.2. The first-order valence-corrected chi connectivity index (χ1v) is 12.8. The number of benzene rings is 3. The molecule has 1 N–H and O–H groups in total. The fourth-order valence-electron chi connectivity index (χ4n) is 6.66. The van der Waals surface area contributed by atoms with Crippen molar-refractivity contribution in [3.63, 3.8) is 0 Å². The standard InChI is InChI=1S/C31H36N2O.BrH/c1-33(2)28-19-18-24(20-28)21-29(33)22-31(26-14-8-4-9-15-26,27-16-10-5-11-17-27)23-32-30(34)25-12-6-3-7-13-25;/h3-17,24,28-29H,18-23H2,1-2H3;1H. The van der Waals surface area contributed by atoms with Gasteiger partial charge in [-0.2, -0.15) is 0 Å². The highest BCUT2D eigenvalue weighted by atomic mass is 79.9. The van der Waals surface area contributed by atoms with E-state index in [1.54, 1.807) is 0 Å². The minimum Gasteiger partial charge on any atom is -1.00 e. The Balaban J connectivity index is 0.00000289. The summed E-state index contributed by atoms with van der Waals surface area (Å²) in [7, 11) is 4.89. The van der Waals surface area contributed by atoms with E-state index >= 15 is 0 Å². The van der Waals surface area contributed by atoms with Crippen molar-refractivity contribution in [3.05, 3.63) is 108 Å². The van der Waals surface area contributed by atoms with E-state index in [0.717, 1.165) is 22.9 Å². The zero-order valence-electron chi connectivity index (χ0n) is 20.9. The van der Waals surface area contributed by atoms with E-state index in [1.807, 2.05) is 30.3 Å². The maximum Gasteiger partial charge on any atom is 0.251 e. The molecule has 1 saturated carbocycles. The number of quaternary nitrogens is 1. The van der Waals surface area contributed by atoms with Crippen molar-refractivity contribution >= 4 is 5.91 Å². The molecule has 0 radical (unpaired) electrons. The van der Waals surface area contributed by atoms with Crippen LogP contribution in [-0.2, 0) is 5.41 Å². The van der Waals surface area contributed by atoms with Gasteiger partial charge in [0.2, 0.25) is 0 Å². The number of hydrogen-bond acceptors (Lipinski definition) is 1. The maximum absolute atomic E-state index is 13.2. The lowest BCUT2D eigenvalue weighted by Crippen LogP contribution is -3.00. The number of halogens is 1. The maximum atomic E-state index is 13.2. The van der Waals surface area contributed by atoms with E-state index in [1.165, 1.54) is 36.8 Å². The summed E-state index contributed by atoms with van der Waals surface area (Å²) in [6.45, 7) is 0.584. The second kappa shape index (κ2) is 10.7. The van der Waals surface area contributed by atoms with E-state index in [9.17, 15) is 4.79 Å². The van der Waals surface area contributed by atoms with Gasteiger partial charge in [-0.05, 0) is 42.0 Å². The third kappa shape index (κ3) is 5.10. The molecule has 1 heterocycles. The van der Waals surface area contributed by atoms with Gasteiger partial charge in [0.25, 0.3) is 5.91 Å². The summed E-state index contributed by atoms with van der Waals surface area (Å²) in [5, 5.41) is 3.35. The molecule has 2 aliphatic rings. The molecule has 3 unspecified atom stereocenters. The van der Waals surface area contributed by atoms with Crippen molar-refractivity contribution in [1.82, 2.24) is 5.32 Å². The van der Waals surface area contributed by atoms with Gasteiger partial charge in [-0.25, -0.2) is 0 Å². The van der Waals surface area contributed by atoms with E-state index in [2.05, 4.69) is 80.1 Å². The molecule has 1 saturated heterocycles. The number of hydrogen-bond donors (Lipinski definition) is 1. The third-order valence-corrected chi connectivity index (χ3v) is 8.82. The van der Waals surface area contributed by atoms with E-state index < -0.39 is 0 Å². The zero-order valence-corrected chi connectivity index (χ0v) is 22.5. The van der Waals surface area contributed by atoms with Gasteiger partial charge in [0.1, 0.15) is 0 Å². The molecule has 5 rings (SSSR count). The highest BCUT2D eigenvalue weighted by Crippen LogP contribution is 2.47. The summed E-state index contributed by atoms with van der Waals surface area (Å²) in [6, 6.07) is 32.6. The average molecular weight is 534 g/mol. The molecule has 2 fully saturated rings. The van der Waals surface area contributed by atoms with Crippen LogP contribution in [0.15, 0.2) is 91.0 Å². The smallest absolute Gasteiger partial charge is 0.251 e. The second-order valence-corrected chi connectivity index (χ2v) is 10.9. The van der Waals surface area contributed by atoms with Crippen molar-refractivity contribution < 1.29 is 26.3 Å². The van der Waals surface area contributed by atoms with Crippen molar-refractivity contribution in [1.29, 1.82) is 0 Å². The molecular weight excluding hydrogens is 496 g/mol. The number of likely N-dealkylation sites (tertiary alicyclic amines) is 1. The Hall–Kier alpha value is -2.43. The molecule has 4 heteroatoms. The summed E-state index contributed by atoms with van der Waals surface area (Å²) in [5.74, 6) is 0.846. The lowest BCUT2D eigenvalue weighted by molar-refractivity contribution is -0.943. The number of nitrogens with zero attached hydrogens (tertiary/aromatic N) is 1. The minimum atomic E-state index is -0.288. The van der Waals surface area contributed by atoms with Crippen molar-refractivity contribution in [2.24, 2.45) is 5.92 Å². The molecule has 1 aliphatic heterocycles. The lowest BCUT2D eigenvalue weighted by atomic mass is 9.68. The zero-order chi connectivity index (χ0) is 23.6. The number of fused-ring (bicyclic) bond motifs is 2. The fourth-order valence-corrected chi connectivity index (χ4v) is 6.66. The Labute approximate surface area is 220 Å². The summed E-state index contributed by atoms with van der Waals surface area (Å²) >= 11 is 0. The summed E-state index contributed by atoms with van der Waals surface area (Å²) in [5.41, 5.74) is 2.99. The van der Waals surface area contributed by atoms with Gasteiger partial charge in [-0.3, -0.25) is 4.79 Å². The number of nitrogens with one attached hydrogen (secondary N) is 1. The highest BCUT2D eigenvalue weighted by molar-refractivity contribution is 5.94. The second-order valence-electron chi connectivity index (χ2n) is 10.9. The van der Waals surface area contributed by atoms with Crippen LogP contribution in [0.25, 0.3) is 0 Å². The molecule has 3 aromatic rings. The molecule has 3 aromatic carbocycles. The lowest BCUT2D eigenvalue weighted by Gasteiger charge is -2.50. The fraction of sp³-hybridized carbons (Fsp3) is 0.387. The first-order valence-electron chi connectivity index (χ1n) is 12.8. The van der Waals surface area contributed by atoms with Crippen LogP contribution in [0.5, 0.6) is 0 Å². The Morgan fingerprint density at radius 2 is 1.37 bits per heavy atom. The SMILES string of the molecule is C[N+]1(C)C2CCC(C2)CC1CC(CNC(=O)c1ccccc1)(c1ccccc1)c1ccccc1.[Br-]. The molecule has 2 bridgehead atoms. The largest absolute Gasteiger partial charge is 1.00 e. The van der Waals surface area contributed by atoms with Crippen LogP contribution >= 0.6 is 0 Å². The van der Waals surface area contributed by atoms with Crippen molar-refractivity contribution in [2.45, 2.75) is 49.6 Å². The number of rotatable bonds is 7.